The topological polar surface area (TPSA) is 70.3 Å². The molecule has 1 N–H and O–H groups in total. The van der Waals surface area contributed by atoms with Crippen molar-refractivity contribution in [2.24, 2.45) is 5.10 Å². The van der Waals surface area contributed by atoms with Gasteiger partial charge in [-0.25, -0.2) is 22.6 Å². The van der Waals surface area contributed by atoms with Crippen LogP contribution in [0, 0.1) is 23.3 Å². The molecule has 1 aromatic heterocycles. The zero-order valence-electron chi connectivity index (χ0n) is 22.6. The van der Waals surface area contributed by atoms with Gasteiger partial charge in [-0.2, -0.15) is 5.10 Å². The van der Waals surface area contributed by atoms with Crippen molar-refractivity contribution in [3.8, 4) is 0 Å². The summed E-state index contributed by atoms with van der Waals surface area (Å²) in [4.78, 5) is 16.4. The third-order valence-electron chi connectivity index (χ3n) is 7.56. The van der Waals surface area contributed by atoms with Gasteiger partial charge in [0.2, 0.25) is 5.91 Å². The number of hydrazone groups is 1. The molecule has 0 bridgehead atoms. The number of anilines is 1. The minimum absolute atomic E-state index is 0.00233. The van der Waals surface area contributed by atoms with E-state index in [4.69, 9.17) is 20.8 Å². The Balaban J connectivity index is 1.59. The number of ether oxygens (including phenoxy) is 1. The van der Waals surface area contributed by atoms with E-state index in [1.54, 1.807) is 0 Å². The van der Waals surface area contributed by atoms with Crippen LogP contribution in [-0.4, -0.2) is 60.4 Å². The molecule has 0 saturated carbocycles. The number of morpholine rings is 1. The van der Waals surface area contributed by atoms with Crippen molar-refractivity contribution in [3.63, 3.8) is 0 Å². The number of benzene rings is 2. The highest BCUT2D eigenvalue weighted by Crippen LogP contribution is 2.46. The SMILES string of the molecule is CC(C)N1CCOC(CNC(=O)C2(C)C(c3ccc(Cl)o3)C(c3ccc(F)cc3F)=NN2c2ccc(F)cc2F)C1. The van der Waals surface area contributed by atoms with Gasteiger partial charge in [-0.1, -0.05) is 0 Å². The predicted molar refractivity (Wildman–Crippen MR) is 146 cm³/mol. The highest BCUT2D eigenvalue weighted by molar-refractivity contribution is 6.28. The lowest BCUT2D eigenvalue weighted by Crippen LogP contribution is -2.59. The first-order valence-electron chi connectivity index (χ1n) is 13.2. The largest absolute Gasteiger partial charge is 0.449 e. The van der Waals surface area contributed by atoms with E-state index >= 15 is 8.78 Å². The van der Waals surface area contributed by atoms with E-state index < -0.39 is 40.6 Å². The number of hydrogen-bond acceptors (Lipinski definition) is 6. The Kier molecular flexibility index (Phi) is 8.13. The number of amides is 1. The predicted octanol–water partition coefficient (Wildman–Crippen LogP) is 5.48. The summed E-state index contributed by atoms with van der Waals surface area (Å²) in [6, 6.07) is 8.98. The third-order valence-corrected chi connectivity index (χ3v) is 7.76. The van der Waals surface area contributed by atoms with Crippen LogP contribution in [0.15, 0.2) is 58.0 Å². The van der Waals surface area contributed by atoms with Crippen LogP contribution in [0.5, 0.6) is 0 Å². The molecule has 3 unspecified atom stereocenters. The van der Waals surface area contributed by atoms with Gasteiger partial charge in [-0.15, -0.1) is 0 Å². The minimum atomic E-state index is -1.78. The highest BCUT2D eigenvalue weighted by atomic mass is 35.5. The lowest BCUT2D eigenvalue weighted by atomic mass is 9.78. The van der Waals surface area contributed by atoms with Crippen LogP contribution in [0.4, 0.5) is 23.2 Å². The van der Waals surface area contributed by atoms with Gasteiger partial charge in [-0.05, 0) is 68.8 Å². The van der Waals surface area contributed by atoms with Crippen molar-refractivity contribution < 1.29 is 31.5 Å². The molecule has 7 nitrogen and oxygen atoms in total. The fourth-order valence-electron chi connectivity index (χ4n) is 5.36. The number of rotatable bonds is 7. The van der Waals surface area contributed by atoms with E-state index in [1.807, 2.05) is 0 Å². The Bertz CT molecular complexity index is 1480. The van der Waals surface area contributed by atoms with Crippen molar-refractivity contribution in [3.05, 3.63) is 88.3 Å². The molecule has 0 radical (unpaired) electrons. The maximum atomic E-state index is 15.2. The van der Waals surface area contributed by atoms with E-state index in [9.17, 15) is 13.6 Å². The van der Waals surface area contributed by atoms with Crippen LogP contribution in [0.25, 0.3) is 0 Å². The smallest absolute Gasteiger partial charge is 0.249 e. The van der Waals surface area contributed by atoms with Gasteiger partial charge >= 0.3 is 0 Å². The highest BCUT2D eigenvalue weighted by Gasteiger charge is 2.57. The molecule has 2 aliphatic heterocycles. The lowest BCUT2D eigenvalue weighted by Gasteiger charge is -2.38. The maximum Gasteiger partial charge on any atom is 0.249 e. The van der Waals surface area contributed by atoms with Crippen molar-refractivity contribution in [1.29, 1.82) is 0 Å². The summed E-state index contributed by atoms with van der Waals surface area (Å²) < 4.78 is 69.6. The molecule has 3 atom stereocenters. The second kappa shape index (κ2) is 11.5. The first-order chi connectivity index (χ1) is 19.5. The minimum Gasteiger partial charge on any atom is -0.449 e. The molecular weight excluding hydrogens is 564 g/mol. The standard InChI is InChI=1S/C29H29ClF4N4O3/c1-16(2)37-10-11-40-19(15-37)14-35-28(39)29(3)26(24-8-9-25(30)41-24)27(20-6-4-17(31)12-21(20)33)36-38(29)23-7-5-18(32)13-22(23)34/h4-9,12-13,16,19,26H,10-11,14-15H2,1-3H3,(H,35,39). The van der Waals surface area contributed by atoms with Gasteiger partial charge in [0.25, 0.3) is 0 Å². The quantitative estimate of drug-likeness (QED) is 0.368. The maximum absolute atomic E-state index is 15.2. The number of nitrogens with one attached hydrogen (secondary N) is 1. The van der Waals surface area contributed by atoms with Gasteiger partial charge in [-0.3, -0.25) is 9.69 Å². The zero-order valence-corrected chi connectivity index (χ0v) is 23.4. The van der Waals surface area contributed by atoms with Gasteiger partial charge in [0.15, 0.2) is 16.6 Å². The second-order valence-electron chi connectivity index (χ2n) is 10.5. The second-order valence-corrected chi connectivity index (χ2v) is 10.9. The summed E-state index contributed by atoms with van der Waals surface area (Å²) in [7, 11) is 0. The number of furan rings is 1. The van der Waals surface area contributed by atoms with E-state index in [1.165, 1.54) is 25.1 Å². The Hall–Kier alpha value is -3.41. The van der Waals surface area contributed by atoms with Crippen LogP contribution in [-0.2, 0) is 9.53 Å². The average molecular weight is 593 g/mol. The van der Waals surface area contributed by atoms with Crippen LogP contribution in [0.2, 0.25) is 5.22 Å². The monoisotopic (exact) mass is 592 g/mol. The number of nitrogens with zero attached hydrogens (tertiary/aromatic N) is 3. The summed E-state index contributed by atoms with van der Waals surface area (Å²) in [5, 5.41) is 8.48. The summed E-state index contributed by atoms with van der Waals surface area (Å²) in [6.07, 6.45) is -0.317. The zero-order chi connectivity index (χ0) is 29.5. The molecule has 218 valence electrons. The molecule has 5 rings (SSSR count). The molecule has 41 heavy (non-hydrogen) atoms. The molecular formula is C29H29ClF4N4O3. The first kappa shape index (κ1) is 29.1. The van der Waals surface area contributed by atoms with Crippen molar-refractivity contribution in [1.82, 2.24) is 10.2 Å². The summed E-state index contributed by atoms with van der Waals surface area (Å²) >= 11 is 6.09. The summed E-state index contributed by atoms with van der Waals surface area (Å²) in [5.74, 6) is -5.19. The fourth-order valence-corrected chi connectivity index (χ4v) is 5.52. The van der Waals surface area contributed by atoms with Gasteiger partial charge in [0, 0.05) is 43.4 Å². The Morgan fingerprint density at radius 1 is 1.10 bits per heavy atom. The van der Waals surface area contributed by atoms with Crippen LogP contribution < -0.4 is 10.3 Å². The van der Waals surface area contributed by atoms with E-state index in [-0.39, 0.29) is 46.6 Å². The van der Waals surface area contributed by atoms with E-state index in [2.05, 4.69) is 29.2 Å². The Labute approximate surface area is 239 Å². The fraction of sp³-hybridized carbons (Fsp3) is 0.379. The molecule has 3 aromatic rings. The molecule has 1 fully saturated rings. The molecule has 2 aromatic carbocycles. The molecule has 2 aliphatic rings. The van der Waals surface area contributed by atoms with Crippen molar-refractivity contribution in [2.75, 3.05) is 31.3 Å². The van der Waals surface area contributed by atoms with E-state index in [0.29, 0.717) is 25.3 Å². The normalized spacial score (nSPS) is 23.2. The Morgan fingerprint density at radius 2 is 1.80 bits per heavy atom. The first-order valence-corrected chi connectivity index (χ1v) is 13.5. The van der Waals surface area contributed by atoms with Crippen molar-refractivity contribution >= 4 is 28.9 Å². The number of halogens is 5. The van der Waals surface area contributed by atoms with Crippen molar-refractivity contribution in [2.45, 2.75) is 44.4 Å². The van der Waals surface area contributed by atoms with Crippen LogP contribution >= 0.6 is 11.6 Å². The molecule has 1 amide bonds. The lowest BCUT2D eigenvalue weighted by molar-refractivity contribution is -0.127. The number of carbonyl (C=O) groups is 1. The number of carbonyl (C=O) groups excluding carboxylic acids is 1. The molecule has 0 spiro atoms. The number of hydrogen-bond donors (Lipinski definition) is 1. The summed E-state index contributed by atoms with van der Waals surface area (Å²) in [6.45, 7) is 7.61. The van der Waals surface area contributed by atoms with Crippen LogP contribution in [0.1, 0.15) is 38.0 Å². The molecule has 12 heteroatoms. The summed E-state index contributed by atoms with van der Waals surface area (Å²) in [5.41, 5.74) is -2.17. The van der Waals surface area contributed by atoms with Gasteiger partial charge in [0.1, 0.15) is 23.2 Å². The third kappa shape index (κ3) is 5.58. The molecule has 1 saturated heterocycles. The van der Waals surface area contributed by atoms with Gasteiger partial charge in [0.05, 0.1) is 30.0 Å². The van der Waals surface area contributed by atoms with Crippen LogP contribution in [0.3, 0.4) is 0 Å². The Morgan fingerprint density at radius 3 is 2.44 bits per heavy atom. The van der Waals surface area contributed by atoms with Gasteiger partial charge < -0.3 is 14.5 Å². The molecule has 3 heterocycles. The van der Waals surface area contributed by atoms with E-state index in [0.717, 1.165) is 29.8 Å². The molecule has 0 aliphatic carbocycles. The average Bonchev–Trinajstić information content (AvgIpc) is 3.48.